The van der Waals surface area contributed by atoms with Crippen LogP contribution in [0.2, 0.25) is 0 Å². The van der Waals surface area contributed by atoms with E-state index in [1.165, 1.54) is 18.3 Å². The molecule has 2 amide bonds. The fourth-order valence-corrected chi connectivity index (χ4v) is 2.71. The molecule has 0 spiro atoms. The van der Waals surface area contributed by atoms with Crippen LogP contribution in [0.5, 0.6) is 0 Å². The van der Waals surface area contributed by atoms with Crippen LogP contribution in [0.15, 0.2) is 18.3 Å². The van der Waals surface area contributed by atoms with Gasteiger partial charge in [-0.15, -0.1) is 0 Å². The van der Waals surface area contributed by atoms with Gasteiger partial charge in [-0.2, -0.15) is 0 Å². The fourth-order valence-electron chi connectivity index (χ4n) is 2.71. The summed E-state index contributed by atoms with van der Waals surface area (Å²) in [4.78, 5) is 29.1. The van der Waals surface area contributed by atoms with Gasteiger partial charge in [-0.05, 0) is 30.9 Å². The van der Waals surface area contributed by atoms with E-state index >= 15 is 0 Å². The molecule has 0 aliphatic carbocycles. The van der Waals surface area contributed by atoms with Crippen LogP contribution in [0.4, 0.5) is 4.79 Å². The molecule has 1 aromatic rings. The Balaban J connectivity index is 1.95. The Bertz CT molecular complexity index is 531. The molecule has 2 heterocycles. The maximum absolute atomic E-state index is 12.2. The van der Waals surface area contributed by atoms with Gasteiger partial charge in [0.1, 0.15) is 0 Å². The number of rotatable bonds is 4. The number of pyridine rings is 1. The number of likely N-dealkylation sites (tertiary alicyclic amines) is 1. The summed E-state index contributed by atoms with van der Waals surface area (Å²) in [6.07, 6.45) is 3.51. The molecule has 1 atom stereocenters. The number of carbonyl (C=O) groups excluding carboxylic acids is 1. The Morgan fingerprint density at radius 1 is 1.52 bits per heavy atom. The normalized spacial score (nSPS) is 18.0. The molecule has 1 unspecified atom stereocenters. The van der Waals surface area contributed by atoms with E-state index in [-0.39, 0.29) is 24.2 Å². The first kappa shape index (κ1) is 15.3. The topological polar surface area (TPSA) is 82.5 Å². The van der Waals surface area contributed by atoms with Gasteiger partial charge in [-0.3, -0.25) is 4.98 Å². The zero-order valence-corrected chi connectivity index (χ0v) is 12.4. The van der Waals surface area contributed by atoms with E-state index in [2.05, 4.69) is 24.1 Å². The number of aromatic carboxylic acids is 1. The highest BCUT2D eigenvalue weighted by molar-refractivity contribution is 5.87. The van der Waals surface area contributed by atoms with E-state index in [0.29, 0.717) is 11.6 Å². The summed E-state index contributed by atoms with van der Waals surface area (Å²) < 4.78 is 0. The third kappa shape index (κ3) is 3.71. The number of carbonyl (C=O) groups is 2. The van der Waals surface area contributed by atoms with Crippen molar-refractivity contribution in [2.24, 2.45) is 5.92 Å². The molecule has 0 bridgehead atoms. The summed E-state index contributed by atoms with van der Waals surface area (Å²) in [6.45, 7) is 5.25. The van der Waals surface area contributed by atoms with Crippen LogP contribution in [0.25, 0.3) is 0 Å². The van der Waals surface area contributed by atoms with Crippen molar-refractivity contribution >= 4 is 12.0 Å². The quantitative estimate of drug-likeness (QED) is 0.890. The molecular weight excluding hydrogens is 270 g/mol. The Morgan fingerprint density at radius 3 is 2.95 bits per heavy atom. The maximum atomic E-state index is 12.2. The standard InChI is InChI=1S/C15H21N3O3/c1-10(2)13-4-3-7-18(13)15(21)17-9-12-8-11(14(19)20)5-6-16-12/h5-6,8,10,13H,3-4,7,9H2,1-2H3,(H,17,21)(H,19,20). The van der Waals surface area contributed by atoms with E-state index in [0.717, 1.165) is 19.4 Å². The number of carboxylic acids is 1. The van der Waals surface area contributed by atoms with E-state index in [4.69, 9.17) is 5.11 Å². The van der Waals surface area contributed by atoms with Crippen molar-refractivity contribution in [1.82, 2.24) is 15.2 Å². The molecule has 1 aromatic heterocycles. The number of nitrogens with zero attached hydrogens (tertiary/aromatic N) is 2. The number of amides is 2. The fraction of sp³-hybridized carbons (Fsp3) is 0.533. The molecule has 0 radical (unpaired) electrons. The highest BCUT2D eigenvalue weighted by Gasteiger charge is 2.30. The molecule has 1 aliphatic heterocycles. The minimum atomic E-state index is -0.996. The second-order valence-corrected chi connectivity index (χ2v) is 5.65. The zero-order valence-electron chi connectivity index (χ0n) is 12.4. The lowest BCUT2D eigenvalue weighted by Crippen LogP contribution is -2.44. The molecule has 1 fully saturated rings. The zero-order chi connectivity index (χ0) is 15.4. The Hall–Kier alpha value is -2.11. The lowest BCUT2D eigenvalue weighted by molar-refractivity contribution is 0.0696. The molecule has 1 aliphatic rings. The van der Waals surface area contributed by atoms with Gasteiger partial charge in [0.2, 0.25) is 0 Å². The van der Waals surface area contributed by atoms with Gasteiger partial charge in [0.05, 0.1) is 17.8 Å². The van der Waals surface area contributed by atoms with Crippen molar-refractivity contribution in [3.05, 3.63) is 29.6 Å². The summed E-state index contributed by atoms with van der Waals surface area (Å²) in [5, 5.41) is 11.8. The van der Waals surface area contributed by atoms with Gasteiger partial charge in [0.15, 0.2) is 0 Å². The number of nitrogens with one attached hydrogen (secondary N) is 1. The Morgan fingerprint density at radius 2 is 2.29 bits per heavy atom. The monoisotopic (exact) mass is 291 g/mol. The molecule has 1 saturated heterocycles. The number of hydrogen-bond acceptors (Lipinski definition) is 3. The molecular formula is C15H21N3O3. The molecule has 2 rings (SSSR count). The molecule has 114 valence electrons. The number of urea groups is 1. The minimum absolute atomic E-state index is 0.103. The van der Waals surface area contributed by atoms with Gasteiger partial charge in [0.25, 0.3) is 0 Å². The molecule has 0 saturated carbocycles. The summed E-state index contributed by atoms with van der Waals surface area (Å²) in [7, 11) is 0. The lowest BCUT2D eigenvalue weighted by Gasteiger charge is -2.27. The van der Waals surface area contributed by atoms with Crippen LogP contribution in [0.1, 0.15) is 42.7 Å². The van der Waals surface area contributed by atoms with Crippen molar-refractivity contribution in [3.63, 3.8) is 0 Å². The molecule has 6 nitrogen and oxygen atoms in total. The van der Waals surface area contributed by atoms with Crippen LogP contribution in [-0.4, -0.2) is 39.6 Å². The minimum Gasteiger partial charge on any atom is -0.478 e. The lowest BCUT2D eigenvalue weighted by atomic mass is 10.0. The summed E-state index contributed by atoms with van der Waals surface area (Å²) in [5.41, 5.74) is 0.721. The van der Waals surface area contributed by atoms with Gasteiger partial charge in [-0.25, -0.2) is 9.59 Å². The Kier molecular flexibility index (Phi) is 4.77. The van der Waals surface area contributed by atoms with Crippen LogP contribution < -0.4 is 5.32 Å². The van der Waals surface area contributed by atoms with E-state index in [9.17, 15) is 9.59 Å². The van der Waals surface area contributed by atoms with Crippen molar-refractivity contribution < 1.29 is 14.7 Å². The van der Waals surface area contributed by atoms with Crippen molar-refractivity contribution in [3.8, 4) is 0 Å². The Labute approximate surface area is 124 Å². The van der Waals surface area contributed by atoms with Crippen LogP contribution in [-0.2, 0) is 6.54 Å². The summed E-state index contributed by atoms with van der Waals surface area (Å²) in [6, 6.07) is 3.09. The van der Waals surface area contributed by atoms with Gasteiger partial charge in [-0.1, -0.05) is 13.8 Å². The summed E-state index contributed by atoms with van der Waals surface area (Å²) in [5.74, 6) is -0.559. The molecule has 21 heavy (non-hydrogen) atoms. The van der Waals surface area contributed by atoms with Crippen LogP contribution in [0, 0.1) is 5.92 Å². The van der Waals surface area contributed by atoms with Gasteiger partial charge >= 0.3 is 12.0 Å². The summed E-state index contributed by atoms with van der Waals surface area (Å²) >= 11 is 0. The number of carboxylic acid groups (broad SMARTS) is 1. The molecule has 2 N–H and O–H groups in total. The first-order valence-electron chi connectivity index (χ1n) is 7.21. The maximum Gasteiger partial charge on any atom is 0.335 e. The van der Waals surface area contributed by atoms with Crippen LogP contribution >= 0.6 is 0 Å². The highest BCUT2D eigenvalue weighted by atomic mass is 16.4. The molecule has 0 aromatic carbocycles. The largest absolute Gasteiger partial charge is 0.478 e. The average molecular weight is 291 g/mol. The second-order valence-electron chi connectivity index (χ2n) is 5.65. The van der Waals surface area contributed by atoms with Crippen LogP contribution in [0.3, 0.4) is 0 Å². The molecule has 6 heteroatoms. The average Bonchev–Trinajstić information content (AvgIpc) is 2.94. The van der Waals surface area contributed by atoms with Crippen molar-refractivity contribution in [2.75, 3.05) is 6.54 Å². The smallest absolute Gasteiger partial charge is 0.335 e. The first-order valence-corrected chi connectivity index (χ1v) is 7.21. The van der Waals surface area contributed by atoms with E-state index in [1.807, 2.05) is 4.90 Å². The number of hydrogen-bond donors (Lipinski definition) is 2. The predicted octanol–water partition coefficient (Wildman–Crippen LogP) is 2.11. The van der Waals surface area contributed by atoms with E-state index < -0.39 is 5.97 Å². The van der Waals surface area contributed by atoms with Crippen molar-refractivity contribution in [2.45, 2.75) is 39.3 Å². The number of aromatic nitrogens is 1. The van der Waals surface area contributed by atoms with Gasteiger partial charge in [0, 0.05) is 18.8 Å². The highest BCUT2D eigenvalue weighted by Crippen LogP contribution is 2.23. The van der Waals surface area contributed by atoms with E-state index in [1.54, 1.807) is 0 Å². The van der Waals surface area contributed by atoms with Crippen molar-refractivity contribution in [1.29, 1.82) is 0 Å². The second kappa shape index (κ2) is 6.56. The predicted molar refractivity (Wildman–Crippen MR) is 78.0 cm³/mol. The third-order valence-electron chi connectivity index (χ3n) is 3.81. The SMILES string of the molecule is CC(C)C1CCCN1C(=O)NCc1cc(C(=O)O)ccn1. The first-order chi connectivity index (χ1) is 9.99. The van der Waals surface area contributed by atoms with Gasteiger partial charge < -0.3 is 15.3 Å². The third-order valence-corrected chi connectivity index (χ3v) is 3.81.